The third-order valence-electron chi connectivity index (χ3n) is 6.77. The van der Waals surface area contributed by atoms with Gasteiger partial charge in [-0.05, 0) is 57.2 Å². The topological polar surface area (TPSA) is 67.7 Å². The first-order valence-electron chi connectivity index (χ1n) is 11.8. The van der Waals surface area contributed by atoms with E-state index in [0.29, 0.717) is 42.5 Å². The van der Waals surface area contributed by atoms with E-state index in [1.807, 2.05) is 35.9 Å². The number of aryl methyl sites for hydroxylation is 2. The number of hydrogen-bond donors (Lipinski definition) is 0. The SMILES string of the molecule is Cc1nn(C)cc1C(=O)N1CCCC(COc2cccc(Cl)c2)(CC(=O)N2CCCCC2)C1. The molecule has 8 heteroatoms. The average molecular weight is 473 g/mol. The maximum atomic E-state index is 13.3. The summed E-state index contributed by atoms with van der Waals surface area (Å²) in [6, 6.07) is 7.32. The molecule has 0 aliphatic carbocycles. The monoisotopic (exact) mass is 472 g/mol. The number of amides is 2. The molecule has 2 aliphatic heterocycles. The Balaban J connectivity index is 1.54. The molecule has 33 heavy (non-hydrogen) atoms. The van der Waals surface area contributed by atoms with Gasteiger partial charge in [-0.15, -0.1) is 0 Å². The minimum absolute atomic E-state index is 0.0298. The maximum Gasteiger partial charge on any atom is 0.257 e. The molecule has 2 amide bonds. The van der Waals surface area contributed by atoms with Crippen LogP contribution < -0.4 is 4.74 Å². The van der Waals surface area contributed by atoms with E-state index in [9.17, 15) is 9.59 Å². The van der Waals surface area contributed by atoms with Crippen LogP contribution in [0, 0.1) is 12.3 Å². The number of hydrogen-bond acceptors (Lipinski definition) is 4. The Morgan fingerprint density at radius 3 is 2.58 bits per heavy atom. The first-order chi connectivity index (χ1) is 15.8. The molecule has 1 atom stereocenters. The summed E-state index contributed by atoms with van der Waals surface area (Å²) in [6.45, 7) is 5.02. The summed E-state index contributed by atoms with van der Waals surface area (Å²) < 4.78 is 7.84. The first-order valence-corrected chi connectivity index (χ1v) is 12.2. The molecule has 2 aliphatic rings. The average Bonchev–Trinajstić information content (AvgIpc) is 3.16. The molecule has 2 aromatic rings. The summed E-state index contributed by atoms with van der Waals surface area (Å²) >= 11 is 6.13. The Morgan fingerprint density at radius 1 is 1.12 bits per heavy atom. The highest BCUT2D eigenvalue weighted by molar-refractivity contribution is 6.30. The van der Waals surface area contributed by atoms with E-state index < -0.39 is 5.41 Å². The molecule has 1 aromatic heterocycles. The molecule has 0 radical (unpaired) electrons. The van der Waals surface area contributed by atoms with Gasteiger partial charge in [0.1, 0.15) is 5.75 Å². The second kappa shape index (κ2) is 10.2. The third-order valence-corrected chi connectivity index (χ3v) is 7.00. The third kappa shape index (κ3) is 5.69. The molecule has 0 bridgehead atoms. The van der Waals surface area contributed by atoms with E-state index in [4.69, 9.17) is 16.3 Å². The number of aromatic nitrogens is 2. The molecule has 2 fully saturated rings. The van der Waals surface area contributed by atoms with Crippen LogP contribution in [0.5, 0.6) is 5.75 Å². The molecule has 4 rings (SSSR count). The van der Waals surface area contributed by atoms with Crippen molar-refractivity contribution in [3.63, 3.8) is 0 Å². The van der Waals surface area contributed by atoms with Crippen LogP contribution in [0.1, 0.15) is 54.6 Å². The summed E-state index contributed by atoms with van der Waals surface area (Å²) in [7, 11) is 1.82. The van der Waals surface area contributed by atoms with Gasteiger partial charge < -0.3 is 14.5 Å². The molecule has 2 saturated heterocycles. The Hall–Kier alpha value is -2.54. The van der Waals surface area contributed by atoms with E-state index in [1.54, 1.807) is 23.0 Å². The van der Waals surface area contributed by atoms with E-state index in [1.165, 1.54) is 6.42 Å². The zero-order chi connectivity index (χ0) is 23.4. The van der Waals surface area contributed by atoms with Gasteiger partial charge >= 0.3 is 0 Å². The lowest BCUT2D eigenvalue weighted by Gasteiger charge is -2.43. The van der Waals surface area contributed by atoms with Crippen LogP contribution in [0.25, 0.3) is 0 Å². The van der Waals surface area contributed by atoms with Crippen LogP contribution in [-0.4, -0.2) is 64.2 Å². The van der Waals surface area contributed by atoms with Crippen molar-refractivity contribution in [1.29, 1.82) is 0 Å². The fourth-order valence-electron chi connectivity index (χ4n) is 5.04. The highest BCUT2D eigenvalue weighted by Gasteiger charge is 2.41. The van der Waals surface area contributed by atoms with E-state index >= 15 is 0 Å². The summed E-state index contributed by atoms with van der Waals surface area (Å²) in [6.07, 6.45) is 7.11. The summed E-state index contributed by atoms with van der Waals surface area (Å²) in [5.74, 6) is 0.813. The van der Waals surface area contributed by atoms with Crippen molar-refractivity contribution in [2.45, 2.75) is 45.4 Å². The molecule has 1 unspecified atom stereocenters. The maximum absolute atomic E-state index is 13.3. The smallest absolute Gasteiger partial charge is 0.257 e. The van der Waals surface area contributed by atoms with E-state index in [0.717, 1.165) is 44.5 Å². The van der Waals surface area contributed by atoms with Gasteiger partial charge in [0.15, 0.2) is 0 Å². The normalized spacial score (nSPS) is 21.2. The molecule has 0 saturated carbocycles. The Labute approximate surface area is 200 Å². The number of benzene rings is 1. The molecule has 178 valence electrons. The number of likely N-dealkylation sites (tertiary alicyclic amines) is 2. The van der Waals surface area contributed by atoms with Gasteiger partial charge in [-0.1, -0.05) is 17.7 Å². The van der Waals surface area contributed by atoms with Crippen molar-refractivity contribution in [1.82, 2.24) is 19.6 Å². The van der Waals surface area contributed by atoms with Gasteiger partial charge in [0.2, 0.25) is 5.91 Å². The van der Waals surface area contributed by atoms with Crippen LogP contribution >= 0.6 is 11.6 Å². The predicted octanol–water partition coefficient (Wildman–Crippen LogP) is 4.09. The lowest BCUT2D eigenvalue weighted by Crippen LogP contribution is -2.51. The zero-order valence-electron chi connectivity index (χ0n) is 19.6. The van der Waals surface area contributed by atoms with Gasteiger partial charge in [-0.3, -0.25) is 14.3 Å². The largest absolute Gasteiger partial charge is 0.493 e. The van der Waals surface area contributed by atoms with E-state index in [-0.39, 0.29) is 11.8 Å². The highest BCUT2D eigenvalue weighted by Crippen LogP contribution is 2.36. The zero-order valence-corrected chi connectivity index (χ0v) is 20.3. The van der Waals surface area contributed by atoms with Gasteiger partial charge in [0.05, 0.1) is 17.9 Å². The molecular formula is C25H33ClN4O3. The van der Waals surface area contributed by atoms with Gasteiger partial charge in [0.25, 0.3) is 5.91 Å². The van der Waals surface area contributed by atoms with Gasteiger partial charge in [-0.2, -0.15) is 5.10 Å². The number of piperidine rings is 2. The molecule has 7 nitrogen and oxygen atoms in total. The minimum Gasteiger partial charge on any atom is -0.493 e. The number of rotatable bonds is 6. The van der Waals surface area contributed by atoms with Crippen molar-refractivity contribution in [2.24, 2.45) is 12.5 Å². The van der Waals surface area contributed by atoms with Crippen LogP contribution in [0.2, 0.25) is 5.02 Å². The summed E-state index contributed by atoms with van der Waals surface area (Å²) in [4.78, 5) is 30.5. The highest BCUT2D eigenvalue weighted by atomic mass is 35.5. The van der Waals surface area contributed by atoms with Crippen LogP contribution in [0.3, 0.4) is 0 Å². The van der Waals surface area contributed by atoms with Gasteiger partial charge in [-0.25, -0.2) is 0 Å². The second-order valence-electron chi connectivity index (χ2n) is 9.50. The van der Waals surface area contributed by atoms with Crippen LogP contribution in [-0.2, 0) is 11.8 Å². The van der Waals surface area contributed by atoms with Crippen LogP contribution in [0.4, 0.5) is 0 Å². The summed E-state index contributed by atoms with van der Waals surface area (Å²) in [5.41, 5.74) is 0.894. The quantitative estimate of drug-likeness (QED) is 0.635. The Kier molecular flexibility index (Phi) is 7.27. The predicted molar refractivity (Wildman–Crippen MR) is 128 cm³/mol. The molecule has 0 N–H and O–H groups in total. The summed E-state index contributed by atoms with van der Waals surface area (Å²) in [5, 5.41) is 4.94. The second-order valence-corrected chi connectivity index (χ2v) is 9.93. The van der Waals surface area contributed by atoms with Crippen molar-refractivity contribution in [3.8, 4) is 5.75 Å². The number of carbonyl (C=O) groups is 2. The number of nitrogens with zero attached hydrogens (tertiary/aromatic N) is 4. The molecule has 3 heterocycles. The van der Waals surface area contributed by atoms with Gasteiger partial charge in [0, 0.05) is 56.3 Å². The molecule has 0 spiro atoms. The standard InChI is InChI=1S/C25H33ClN4O3/c1-19-22(16-28(2)27-19)24(32)30-13-7-10-25(17-30,15-23(31)29-11-4-3-5-12-29)18-33-21-9-6-8-20(26)14-21/h6,8-9,14,16H,3-5,7,10-13,15,17-18H2,1-2H3. The van der Waals surface area contributed by atoms with E-state index in [2.05, 4.69) is 5.10 Å². The molecule has 1 aromatic carbocycles. The fraction of sp³-hybridized carbons (Fsp3) is 0.560. The fourth-order valence-corrected chi connectivity index (χ4v) is 5.22. The van der Waals surface area contributed by atoms with Crippen molar-refractivity contribution < 1.29 is 14.3 Å². The Morgan fingerprint density at radius 2 is 1.88 bits per heavy atom. The number of carbonyl (C=O) groups excluding carboxylic acids is 2. The number of ether oxygens (including phenoxy) is 1. The lowest BCUT2D eigenvalue weighted by molar-refractivity contribution is -0.136. The van der Waals surface area contributed by atoms with Crippen LogP contribution in [0.15, 0.2) is 30.5 Å². The number of halogens is 1. The minimum atomic E-state index is -0.444. The first kappa shape index (κ1) is 23.6. The van der Waals surface area contributed by atoms with Crippen molar-refractivity contribution in [2.75, 3.05) is 32.8 Å². The molecular weight excluding hydrogens is 440 g/mol. The van der Waals surface area contributed by atoms with Crippen molar-refractivity contribution in [3.05, 3.63) is 46.7 Å². The Bertz CT molecular complexity index is 1000. The lowest BCUT2D eigenvalue weighted by atomic mass is 9.77. The van der Waals surface area contributed by atoms with Crippen molar-refractivity contribution >= 4 is 23.4 Å².